The third-order valence-corrected chi connectivity index (χ3v) is 3.43. The first-order valence-corrected chi connectivity index (χ1v) is 6.53. The van der Waals surface area contributed by atoms with Crippen LogP contribution in [0.1, 0.15) is 25.7 Å². The van der Waals surface area contributed by atoms with Crippen LogP contribution in [-0.4, -0.2) is 33.8 Å². The number of carbonyl (C=O) groups is 1. The van der Waals surface area contributed by atoms with Gasteiger partial charge in [-0.25, -0.2) is 0 Å². The molecule has 3 rings (SSSR count). The molecular weight excluding hydrogens is 230 g/mol. The van der Waals surface area contributed by atoms with Crippen LogP contribution < -0.4 is 16.4 Å². The molecule has 2 fully saturated rings. The van der Waals surface area contributed by atoms with Gasteiger partial charge < -0.3 is 16.4 Å². The maximum atomic E-state index is 11.6. The smallest absolute Gasteiger partial charge is 0.241 e. The zero-order chi connectivity index (χ0) is 12.5. The van der Waals surface area contributed by atoms with E-state index in [0.717, 1.165) is 31.4 Å². The van der Waals surface area contributed by atoms with Crippen LogP contribution in [0.2, 0.25) is 0 Å². The number of anilines is 1. The number of nitrogens with zero attached hydrogens (tertiary/aromatic N) is 2. The second-order valence-electron chi connectivity index (χ2n) is 5.34. The molecule has 2 saturated carbocycles. The highest BCUT2D eigenvalue weighted by Crippen LogP contribution is 2.22. The Morgan fingerprint density at radius 3 is 2.89 bits per heavy atom. The van der Waals surface area contributed by atoms with E-state index >= 15 is 0 Å². The van der Waals surface area contributed by atoms with Crippen molar-refractivity contribution in [3.05, 3.63) is 12.4 Å². The molecule has 1 aromatic rings. The Morgan fingerprint density at radius 1 is 1.44 bits per heavy atom. The Morgan fingerprint density at radius 2 is 2.22 bits per heavy atom. The zero-order valence-electron chi connectivity index (χ0n) is 10.3. The lowest BCUT2D eigenvalue weighted by molar-refractivity contribution is -0.122. The molecule has 1 aromatic heterocycles. The summed E-state index contributed by atoms with van der Waals surface area (Å²) in [7, 11) is 0. The first-order valence-electron chi connectivity index (χ1n) is 6.53. The van der Waals surface area contributed by atoms with Crippen LogP contribution in [0.25, 0.3) is 0 Å². The molecule has 0 unspecified atom stereocenters. The summed E-state index contributed by atoms with van der Waals surface area (Å²) in [5.74, 6) is 0.0396. The molecule has 0 radical (unpaired) electrons. The predicted octanol–water partition coefficient (Wildman–Crippen LogP) is 0.0633. The first-order chi connectivity index (χ1) is 8.69. The highest BCUT2D eigenvalue weighted by molar-refractivity contribution is 5.76. The second kappa shape index (κ2) is 4.61. The third-order valence-electron chi connectivity index (χ3n) is 3.43. The lowest BCUT2D eigenvalue weighted by atomic mass is 9.87. The minimum Gasteiger partial charge on any atom is -0.380 e. The monoisotopic (exact) mass is 249 g/mol. The Bertz CT molecular complexity index is 433. The SMILES string of the molecule is NC1CC(Nc2cnn(CC(=O)NC3CC3)c2)C1. The summed E-state index contributed by atoms with van der Waals surface area (Å²) in [6, 6.07) is 1.20. The van der Waals surface area contributed by atoms with Gasteiger partial charge in [-0.3, -0.25) is 9.48 Å². The van der Waals surface area contributed by atoms with Gasteiger partial charge in [0, 0.05) is 24.3 Å². The van der Waals surface area contributed by atoms with E-state index in [1.165, 1.54) is 0 Å². The Labute approximate surface area is 106 Å². The summed E-state index contributed by atoms with van der Waals surface area (Å²) in [5.41, 5.74) is 6.70. The fourth-order valence-electron chi connectivity index (χ4n) is 2.19. The number of nitrogens with two attached hydrogens (primary N) is 1. The molecule has 2 aliphatic rings. The molecule has 0 bridgehead atoms. The molecule has 4 N–H and O–H groups in total. The normalized spacial score (nSPS) is 26.5. The molecule has 0 spiro atoms. The highest BCUT2D eigenvalue weighted by atomic mass is 16.2. The number of hydrogen-bond donors (Lipinski definition) is 3. The van der Waals surface area contributed by atoms with E-state index in [9.17, 15) is 4.79 Å². The topological polar surface area (TPSA) is 85.0 Å². The van der Waals surface area contributed by atoms with Gasteiger partial charge in [-0.1, -0.05) is 0 Å². The van der Waals surface area contributed by atoms with Gasteiger partial charge in [0.1, 0.15) is 6.54 Å². The number of carbonyl (C=O) groups excluding carboxylic acids is 1. The Hall–Kier alpha value is -1.56. The van der Waals surface area contributed by atoms with Gasteiger partial charge in [-0.15, -0.1) is 0 Å². The van der Waals surface area contributed by atoms with Crippen molar-refractivity contribution in [1.82, 2.24) is 15.1 Å². The molecule has 1 heterocycles. The number of hydrogen-bond acceptors (Lipinski definition) is 4. The lowest BCUT2D eigenvalue weighted by Crippen LogP contribution is -2.44. The molecule has 18 heavy (non-hydrogen) atoms. The molecule has 6 heteroatoms. The van der Waals surface area contributed by atoms with Crippen molar-refractivity contribution in [2.45, 2.75) is 50.4 Å². The summed E-state index contributed by atoms with van der Waals surface area (Å²) in [6.07, 6.45) is 7.87. The van der Waals surface area contributed by atoms with E-state index in [4.69, 9.17) is 5.73 Å². The van der Waals surface area contributed by atoms with Gasteiger partial charge in [0.2, 0.25) is 5.91 Å². The van der Waals surface area contributed by atoms with Crippen molar-refractivity contribution >= 4 is 11.6 Å². The van der Waals surface area contributed by atoms with Crippen molar-refractivity contribution in [2.75, 3.05) is 5.32 Å². The predicted molar refractivity (Wildman–Crippen MR) is 68.0 cm³/mol. The third kappa shape index (κ3) is 2.81. The Kier molecular flexibility index (Phi) is 2.95. The summed E-state index contributed by atoms with van der Waals surface area (Å²) in [6.45, 7) is 0.294. The molecule has 6 nitrogen and oxygen atoms in total. The van der Waals surface area contributed by atoms with Crippen molar-refractivity contribution in [2.24, 2.45) is 5.73 Å². The average molecular weight is 249 g/mol. The van der Waals surface area contributed by atoms with E-state index in [-0.39, 0.29) is 5.91 Å². The largest absolute Gasteiger partial charge is 0.380 e. The van der Waals surface area contributed by atoms with Crippen molar-refractivity contribution in [1.29, 1.82) is 0 Å². The maximum Gasteiger partial charge on any atom is 0.241 e. The van der Waals surface area contributed by atoms with E-state index in [2.05, 4.69) is 15.7 Å². The Balaban J connectivity index is 1.47. The van der Waals surface area contributed by atoms with E-state index < -0.39 is 0 Å². The van der Waals surface area contributed by atoms with Crippen molar-refractivity contribution < 1.29 is 4.79 Å². The molecule has 1 amide bonds. The minimum absolute atomic E-state index is 0.0396. The molecular formula is C12H19N5O. The second-order valence-corrected chi connectivity index (χ2v) is 5.34. The van der Waals surface area contributed by atoms with Crippen LogP contribution in [0.15, 0.2) is 12.4 Å². The molecule has 2 aliphatic carbocycles. The van der Waals surface area contributed by atoms with Gasteiger partial charge in [0.15, 0.2) is 0 Å². The minimum atomic E-state index is 0.0396. The zero-order valence-corrected chi connectivity index (χ0v) is 10.3. The fourth-order valence-corrected chi connectivity index (χ4v) is 2.19. The van der Waals surface area contributed by atoms with E-state index in [0.29, 0.717) is 24.7 Å². The molecule has 0 saturated heterocycles. The average Bonchev–Trinajstić information content (AvgIpc) is 2.97. The van der Waals surface area contributed by atoms with Crippen LogP contribution in [0.3, 0.4) is 0 Å². The van der Waals surface area contributed by atoms with Crippen molar-refractivity contribution in [3.8, 4) is 0 Å². The van der Waals surface area contributed by atoms with Crippen LogP contribution in [0.4, 0.5) is 5.69 Å². The van der Waals surface area contributed by atoms with Crippen LogP contribution in [-0.2, 0) is 11.3 Å². The van der Waals surface area contributed by atoms with Crippen LogP contribution in [0, 0.1) is 0 Å². The summed E-state index contributed by atoms with van der Waals surface area (Å²) < 4.78 is 1.67. The highest BCUT2D eigenvalue weighted by Gasteiger charge is 2.26. The molecule has 0 aromatic carbocycles. The quantitative estimate of drug-likeness (QED) is 0.689. The number of nitrogens with one attached hydrogen (secondary N) is 2. The van der Waals surface area contributed by atoms with Gasteiger partial charge in [0.25, 0.3) is 0 Å². The summed E-state index contributed by atoms with van der Waals surface area (Å²) >= 11 is 0. The van der Waals surface area contributed by atoms with Gasteiger partial charge in [-0.05, 0) is 25.7 Å². The fraction of sp³-hybridized carbons (Fsp3) is 0.667. The number of rotatable bonds is 5. The van der Waals surface area contributed by atoms with Gasteiger partial charge >= 0.3 is 0 Å². The number of aromatic nitrogens is 2. The number of amides is 1. The first kappa shape index (κ1) is 11.5. The summed E-state index contributed by atoms with van der Waals surface area (Å²) in [5, 5.41) is 10.5. The van der Waals surface area contributed by atoms with Crippen molar-refractivity contribution in [3.63, 3.8) is 0 Å². The molecule has 0 aliphatic heterocycles. The van der Waals surface area contributed by atoms with Crippen LogP contribution in [0.5, 0.6) is 0 Å². The standard InChI is InChI=1S/C12H19N5O/c13-8-3-10(4-8)15-11-5-14-17(6-11)7-12(18)16-9-1-2-9/h5-6,8-10,15H,1-4,7,13H2,(H,16,18). The molecule has 98 valence electrons. The summed E-state index contributed by atoms with van der Waals surface area (Å²) in [4.78, 5) is 11.6. The van der Waals surface area contributed by atoms with E-state index in [1.807, 2.05) is 6.20 Å². The van der Waals surface area contributed by atoms with Gasteiger partial charge in [-0.2, -0.15) is 5.10 Å². The molecule has 0 atom stereocenters. The maximum absolute atomic E-state index is 11.6. The van der Waals surface area contributed by atoms with Crippen LogP contribution >= 0.6 is 0 Å². The van der Waals surface area contributed by atoms with E-state index in [1.54, 1.807) is 10.9 Å². The lowest BCUT2D eigenvalue weighted by Gasteiger charge is -2.33. The van der Waals surface area contributed by atoms with Gasteiger partial charge in [0.05, 0.1) is 11.9 Å².